The van der Waals surface area contributed by atoms with E-state index in [2.05, 4.69) is 15.1 Å². The first-order valence-electron chi connectivity index (χ1n) is 7.09. The molecule has 0 amide bonds. The molecule has 2 unspecified atom stereocenters. The van der Waals surface area contributed by atoms with Gasteiger partial charge in [-0.15, -0.1) is 12.4 Å². The highest BCUT2D eigenvalue weighted by Crippen LogP contribution is 2.22. The minimum absolute atomic E-state index is 0. The van der Waals surface area contributed by atoms with Gasteiger partial charge in [-0.05, 0) is 57.8 Å². The third kappa shape index (κ3) is 3.34. The fraction of sp³-hybridized carbons (Fsp3) is 1.00. The molecule has 3 fully saturated rings. The molecule has 0 spiro atoms. The molecule has 3 saturated heterocycles. The van der Waals surface area contributed by atoms with Crippen LogP contribution in [0, 0.1) is 5.92 Å². The number of piperazine rings is 1. The van der Waals surface area contributed by atoms with Crippen LogP contribution in [0.4, 0.5) is 0 Å². The molecule has 1 N–H and O–H groups in total. The van der Waals surface area contributed by atoms with Gasteiger partial charge in [0.2, 0.25) is 0 Å². The van der Waals surface area contributed by atoms with Crippen LogP contribution < -0.4 is 5.32 Å². The summed E-state index contributed by atoms with van der Waals surface area (Å²) in [5, 5.41) is 3.47. The first-order chi connectivity index (χ1) is 7.92. The van der Waals surface area contributed by atoms with Gasteiger partial charge in [-0.1, -0.05) is 0 Å². The number of fused-ring (bicyclic) bond motifs is 1. The summed E-state index contributed by atoms with van der Waals surface area (Å²) in [4.78, 5) is 5.42. The average Bonchev–Trinajstić information content (AvgIpc) is 2.97. The summed E-state index contributed by atoms with van der Waals surface area (Å²) in [7, 11) is 0. The summed E-state index contributed by atoms with van der Waals surface area (Å²) in [6.07, 6.45) is 5.70. The highest BCUT2D eigenvalue weighted by Gasteiger charge is 2.30. The van der Waals surface area contributed by atoms with Crippen LogP contribution in [0.3, 0.4) is 0 Å². The van der Waals surface area contributed by atoms with E-state index in [4.69, 9.17) is 0 Å². The molecule has 0 aromatic carbocycles. The normalized spacial score (nSPS) is 34.6. The van der Waals surface area contributed by atoms with E-state index in [9.17, 15) is 0 Å². The van der Waals surface area contributed by atoms with Crippen molar-refractivity contribution in [1.29, 1.82) is 0 Å². The molecule has 3 nitrogen and oxygen atoms in total. The monoisotopic (exact) mass is 259 g/mol. The number of hydrogen-bond acceptors (Lipinski definition) is 3. The first-order valence-corrected chi connectivity index (χ1v) is 7.09. The maximum Gasteiger partial charge on any atom is 0.0224 e. The summed E-state index contributed by atoms with van der Waals surface area (Å²) in [6, 6.07) is 0.899. The van der Waals surface area contributed by atoms with Gasteiger partial charge >= 0.3 is 0 Å². The lowest BCUT2D eigenvalue weighted by molar-refractivity contribution is 0.100. The highest BCUT2D eigenvalue weighted by atomic mass is 35.5. The Morgan fingerprint density at radius 3 is 2.88 bits per heavy atom. The van der Waals surface area contributed by atoms with Crippen molar-refractivity contribution in [3.8, 4) is 0 Å². The molecule has 3 aliphatic rings. The molecule has 17 heavy (non-hydrogen) atoms. The lowest BCUT2D eigenvalue weighted by atomic mass is 10.0. The van der Waals surface area contributed by atoms with E-state index in [0.717, 1.165) is 12.0 Å². The molecule has 0 bridgehead atoms. The average molecular weight is 260 g/mol. The van der Waals surface area contributed by atoms with E-state index < -0.39 is 0 Å². The molecule has 3 rings (SSSR count). The third-order valence-electron chi connectivity index (χ3n) is 4.69. The van der Waals surface area contributed by atoms with Crippen molar-refractivity contribution in [3.05, 3.63) is 0 Å². The summed E-state index contributed by atoms with van der Waals surface area (Å²) >= 11 is 0. The van der Waals surface area contributed by atoms with Crippen LogP contribution in [0.25, 0.3) is 0 Å². The van der Waals surface area contributed by atoms with Gasteiger partial charge in [0.1, 0.15) is 0 Å². The zero-order valence-electron chi connectivity index (χ0n) is 10.7. The van der Waals surface area contributed by atoms with Crippen LogP contribution in [0.2, 0.25) is 0 Å². The summed E-state index contributed by atoms with van der Waals surface area (Å²) in [5.41, 5.74) is 0. The SMILES string of the molecule is C1CC2CN(CCC3CCNC3)CCN2C1.Cl. The van der Waals surface area contributed by atoms with Crippen LogP contribution in [0.15, 0.2) is 0 Å². The number of nitrogens with zero attached hydrogens (tertiary/aromatic N) is 2. The van der Waals surface area contributed by atoms with Gasteiger partial charge in [0.05, 0.1) is 0 Å². The van der Waals surface area contributed by atoms with Gasteiger partial charge in [0, 0.05) is 25.7 Å². The Hall–Kier alpha value is 0.170. The van der Waals surface area contributed by atoms with Crippen LogP contribution >= 0.6 is 12.4 Å². The van der Waals surface area contributed by atoms with E-state index in [1.54, 1.807) is 0 Å². The maximum absolute atomic E-state index is 3.47. The predicted octanol–water partition coefficient (Wildman–Crippen LogP) is 1.19. The van der Waals surface area contributed by atoms with Gasteiger partial charge in [-0.25, -0.2) is 0 Å². The maximum atomic E-state index is 3.47. The molecule has 3 heterocycles. The minimum atomic E-state index is 0. The van der Waals surface area contributed by atoms with Crippen molar-refractivity contribution < 1.29 is 0 Å². The zero-order chi connectivity index (χ0) is 10.8. The van der Waals surface area contributed by atoms with Crippen molar-refractivity contribution >= 4 is 12.4 Å². The van der Waals surface area contributed by atoms with E-state index in [0.29, 0.717) is 0 Å². The Morgan fingerprint density at radius 2 is 2.06 bits per heavy atom. The quantitative estimate of drug-likeness (QED) is 0.822. The van der Waals surface area contributed by atoms with Crippen molar-refractivity contribution in [2.24, 2.45) is 5.92 Å². The third-order valence-corrected chi connectivity index (χ3v) is 4.69. The van der Waals surface area contributed by atoms with Gasteiger partial charge in [-0.2, -0.15) is 0 Å². The molecule has 0 radical (unpaired) electrons. The fourth-order valence-electron chi connectivity index (χ4n) is 3.58. The van der Waals surface area contributed by atoms with E-state index in [1.807, 2.05) is 0 Å². The lowest BCUT2D eigenvalue weighted by Gasteiger charge is -2.37. The van der Waals surface area contributed by atoms with Crippen molar-refractivity contribution in [2.75, 3.05) is 45.8 Å². The first kappa shape index (κ1) is 13.6. The zero-order valence-corrected chi connectivity index (χ0v) is 11.6. The summed E-state index contributed by atoms with van der Waals surface area (Å²) in [5.74, 6) is 0.960. The van der Waals surface area contributed by atoms with Gasteiger partial charge in [0.25, 0.3) is 0 Å². The van der Waals surface area contributed by atoms with Crippen molar-refractivity contribution in [3.63, 3.8) is 0 Å². The van der Waals surface area contributed by atoms with Gasteiger partial charge in [-0.3, -0.25) is 4.90 Å². The van der Waals surface area contributed by atoms with Crippen LogP contribution in [0.1, 0.15) is 25.7 Å². The van der Waals surface area contributed by atoms with Crippen molar-refractivity contribution in [2.45, 2.75) is 31.7 Å². The molecule has 100 valence electrons. The Balaban J connectivity index is 0.00000108. The van der Waals surface area contributed by atoms with E-state index in [1.165, 1.54) is 71.5 Å². The number of nitrogens with one attached hydrogen (secondary N) is 1. The van der Waals surface area contributed by atoms with Crippen LogP contribution in [0.5, 0.6) is 0 Å². The summed E-state index contributed by atoms with van der Waals surface area (Å²) in [6.45, 7) is 9.22. The molecule has 0 aromatic heterocycles. The number of rotatable bonds is 3. The van der Waals surface area contributed by atoms with Gasteiger partial charge in [0.15, 0.2) is 0 Å². The largest absolute Gasteiger partial charge is 0.316 e. The highest BCUT2D eigenvalue weighted by molar-refractivity contribution is 5.85. The Morgan fingerprint density at radius 1 is 1.12 bits per heavy atom. The fourth-order valence-corrected chi connectivity index (χ4v) is 3.58. The van der Waals surface area contributed by atoms with Gasteiger partial charge < -0.3 is 10.2 Å². The smallest absolute Gasteiger partial charge is 0.0224 e. The lowest BCUT2D eigenvalue weighted by Crippen LogP contribution is -2.50. The second kappa shape index (κ2) is 6.37. The van der Waals surface area contributed by atoms with Crippen LogP contribution in [-0.4, -0.2) is 61.7 Å². The molecule has 0 saturated carbocycles. The van der Waals surface area contributed by atoms with E-state index in [-0.39, 0.29) is 12.4 Å². The number of halogens is 1. The standard InChI is InChI=1S/C13H25N3.ClH/c1-2-13-11-15(8-9-16(13)6-1)7-4-12-3-5-14-10-12;/h12-14H,1-11H2;1H. The minimum Gasteiger partial charge on any atom is -0.316 e. The second-order valence-electron chi connectivity index (χ2n) is 5.78. The predicted molar refractivity (Wildman–Crippen MR) is 73.9 cm³/mol. The Bertz CT molecular complexity index is 231. The molecule has 0 aliphatic carbocycles. The molecule has 3 aliphatic heterocycles. The second-order valence-corrected chi connectivity index (χ2v) is 5.78. The Kier molecular flexibility index (Phi) is 5.10. The topological polar surface area (TPSA) is 18.5 Å². The Labute approximate surface area is 111 Å². The molecule has 4 heteroatoms. The van der Waals surface area contributed by atoms with E-state index >= 15 is 0 Å². The van der Waals surface area contributed by atoms with Crippen molar-refractivity contribution in [1.82, 2.24) is 15.1 Å². The molecule has 0 aromatic rings. The molecule has 2 atom stereocenters. The molecular weight excluding hydrogens is 234 g/mol. The summed E-state index contributed by atoms with van der Waals surface area (Å²) < 4.78 is 0. The molecular formula is C13H26ClN3. The number of hydrogen-bond donors (Lipinski definition) is 1. The van der Waals surface area contributed by atoms with Crippen LogP contribution in [-0.2, 0) is 0 Å².